The fourth-order valence-corrected chi connectivity index (χ4v) is 0.970. The highest BCUT2D eigenvalue weighted by atomic mass is 32.2. The Kier molecular flexibility index (Phi) is 5.11. The number of nitrogens with two attached hydrogens (primary N) is 1. The van der Waals surface area contributed by atoms with Gasteiger partial charge in [0.1, 0.15) is 6.29 Å². The summed E-state index contributed by atoms with van der Waals surface area (Å²) in [7, 11) is 0. The largest absolute Gasteiger partial charge is 0.327 e. The van der Waals surface area contributed by atoms with E-state index in [0.717, 1.165) is 12.0 Å². The summed E-state index contributed by atoms with van der Waals surface area (Å²) in [6.45, 7) is 0. The molecule has 2 nitrogen and oxygen atoms in total. The SMILES string of the molecule is CSC[C@@H](N)CC=O. The molecule has 0 aliphatic heterocycles. The van der Waals surface area contributed by atoms with Crippen LogP contribution in [-0.2, 0) is 4.79 Å². The monoisotopic (exact) mass is 133 g/mol. The minimum atomic E-state index is 0.0579. The van der Waals surface area contributed by atoms with Crippen molar-refractivity contribution >= 4 is 18.0 Å². The summed E-state index contributed by atoms with van der Waals surface area (Å²) in [4.78, 5) is 9.80. The van der Waals surface area contributed by atoms with Gasteiger partial charge < -0.3 is 10.5 Å². The maximum Gasteiger partial charge on any atom is 0.121 e. The van der Waals surface area contributed by atoms with Crippen molar-refractivity contribution in [2.45, 2.75) is 12.5 Å². The zero-order valence-corrected chi connectivity index (χ0v) is 5.78. The Bertz CT molecular complexity index is 67.4. The minimum Gasteiger partial charge on any atom is -0.327 e. The Hall–Kier alpha value is -0.0200. The summed E-state index contributed by atoms with van der Waals surface area (Å²) in [5, 5.41) is 0. The molecule has 0 unspecified atom stereocenters. The van der Waals surface area contributed by atoms with E-state index in [2.05, 4.69) is 0 Å². The van der Waals surface area contributed by atoms with E-state index in [1.165, 1.54) is 0 Å². The van der Waals surface area contributed by atoms with Crippen molar-refractivity contribution in [3.05, 3.63) is 0 Å². The van der Waals surface area contributed by atoms with Gasteiger partial charge in [-0.2, -0.15) is 11.8 Å². The Morgan fingerprint density at radius 1 is 1.88 bits per heavy atom. The number of hydrogen-bond donors (Lipinski definition) is 1. The summed E-state index contributed by atoms with van der Waals surface area (Å²) in [6.07, 6.45) is 3.33. The molecule has 0 fully saturated rings. The van der Waals surface area contributed by atoms with Gasteiger partial charge in [-0.15, -0.1) is 0 Å². The van der Waals surface area contributed by atoms with Crippen LogP contribution in [0.25, 0.3) is 0 Å². The molecule has 0 saturated heterocycles. The van der Waals surface area contributed by atoms with Gasteiger partial charge in [-0.25, -0.2) is 0 Å². The molecule has 0 saturated carbocycles. The van der Waals surface area contributed by atoms with Crippen LogP contribution >= 0.6 is 11.8 Å². The van der Waals surface area contributed by atoms with Crippen LogP contribution < -0.4 is 5.73 Å². The molecule has 8 heavy (non-hydrogen) atoms. The third-order valence-electron chi connectivity index (χ3n) is 0.780. The van der Waals surface area contributed by atoms with Gasteiger partial charge in [0.15, 0.2) is 0 Å². The van der Waals surface area contributed by atoms with E-state index < -0.39 is 0 Å². The number of carbonyl (C=O) groups is 1. The van der Waals surface area contributed by atoms with Crippen molar-refractivity contribution in [2.24, 2.45) is 5.73 Å². The van der Waals surface area contributed by atoms with E-state index >= 15 is 0 Å². The van der Waals surface area contributed by atoms with Gasteiger partial charge in [0.05, 0.1) is 0 Å². The van der Waals surface area contributed by atoms with Crippen LogP contribution in [0.4, 0.5) is 0 Å². The van der Waals surface area contributed by atoms with Gasteiger partial charge in [-0.05, 0) is 6.26 Å². The average Bonchev–Trinajstić information content (AvgIpc) is 1.68. The van der Waals surface area contributed by atoms with Gasteiger partial charge in [0, 0.05) is 18.2 Å². The average molecular weight is 133 g/mol. The highest BCUT2D eigenvalue weighted by Gasteiger charge is 1.96. The van der Waals surface area contributed by atoms with E-state index in [1.807, 2.05) is 6.26 Å². The van der Waals surface area contributed by atoms with Crippen LogP contribution in [0.3, 0.4) is 0 Å². The second kappa shape index (κ2) is 5.12. The maximum absolute atomic E-state index is 9.80. The molecule has 0 aliphatic carbocycles. The van der Waals surface area contributed by atoms with Crippen molar-refractivity contribution in [3.63, 3.8) is 0 Å². The van der Waals surface area contributed by atoms with Crippen molar-refractivity contribution < 1.29 is 4.79 Å². The molecule has 0 amide bonds. The first-order chi connectivity index (χ1) is 3.81. The Balaban J connectivity index is 3.03. The summed E-state index contributed by atoms with van der Waals surface area (Å²) in [5.74, 6) is 0.874. The maximum atomic E-state index is 9.80. The van der Waals surface area contributed by atoms with Gasteiger partial charge in [-0.3, -0.25) is 0 Å². The highest BCUT2D eigenvalue weighted by molar-refractivity contribution is 7.98. The molecule has 0 aliphatic rings. The van der Waals surface area contributed by atoms with E-state index in [-0.39, 0.29) is 6.04 Å². The van der Waals surface area contributed by atoms with Crippen molar-refractivity contribution in [2.75, 3.05) is 12.0 Å². The van der Waals surface area contributed by atoms with Crippen LogP contribution in [0, 0.1) is 0 Å². The summed E-state index contributed by atoms with van der Waals surface area (Å²) >= 11 is 1.67. The summed E-state index contributed by atoms with van der Waals surface area (Å²) < 4.78 is 0. The number of aldehydes is 1. The summed E-state index contributed by atoms with van der Waals surface area (Å²) in [5.41, 5.74) is 5.44. The number of rotatable bonds is 4. The molecule has 0 radical (unpaired) electrons. The molecule has 48 valence electrons. The van der Waals surface area contributed by atoms with Crippen LogP contribution in [0.2, 0.25) is 0 Å². The molecule has 1 atom stereocenters. The minimum absolute atomic E-state index is 0.0579. The van der Waals surface area contributed by atoms with Crippen LogP contribution in [0.1, 0.15) is 6.42 Å². The highest BCUT2D eigenvalue weighted by Crippen LogP contribution is 1.95. The standard InChI is InChI=1S/C5H11NOS/c1-8-4-5(6)2-3-7/h3,5H,2,4,6H2,1H3/t5-/m0/s1. The lowest BCUT2D eigenvalue weighted by molar-refractivity contribution is -0.108. The van der Waals surface area contributed by atoms with Crippen molar-refractivity contribution in [3.8, 4) is 0 Å². The lowest BCUT2D eigenvalue weighted by atomic mass is 10.3. The smallest absolute Gasteiger partial charge is 0.121 e. The summed E-state index contributed by atoms with van der Waals surface area (Å²) in [6, 6.07) is 0.0579. The van der Waals surface area contributed by atoms with Crippen LogP contribution in [-0.4, -0.2) is 24.3 Å². The quantitative estimate of drug-likeness (QED) is 0.560. The first-order valence-electron chi connectivity index (χ1n) is 2.49. The molecule has 0 bridgehead atoms. The van der Waals surface area contributed by atoms with E-state index in [4.69, 9.17) is 5.73 Å². The number of hydrogen-bond acceptors (Lipinski definition) is 3. The molecule has 0 aromatic carbocycles. The lowest BCUT2D eigenvalue weighted by Crippen LogP contribution is -2.22. The molecule has 0 rings (SSSR count). The van der Waals surface area contributed by atoms with Crippen molar-refractivity contribution in [1.29, 1.82) is 0 Å². The molecule has 0 aromatic heterocycles. The van der Waals surface area contributed by atoms with E-state index in [0.29, 0.717) is 6.42 Å². The molecule has 0 heterocycles. The fourth-order valence-electron chi connectivity index (χ4n) is 0.406. The fraction of sp³-hybridized carbons (Fsp3) is 0.800. The zero-order valence-electron chi connectivity index (χ0n) is 4.96. The number of carbonyl (C=O) groups excluding carboxylic acids is 1. The lowest BCUT2D eigenvalue weighted by Gasteiger charge is -2.02. The van der Waals surface area contributed by atoms with E-state index in [9.17, 15) is 4.79 Å². The van der Waals surface area contributed by atoms with Crippen LogP contribution in [0.5, 0.6) is 0 Å². The zero-order chi connectivity index (χ0) is 6.41. The van der Waals surface area contributed by atoms with Gasteiger partial charge in [0.25, 0.3) is 0 Å². The molecular weight excluding hydrogens is 122 g/mol. The van der Waals surface area contributed by atoms with E-state index in [1.54, 1.807) is 11.8 Å². The first kappa shape index (κ1) is 7.98. The molecule has 0 spiro atoms. The predicted molar refractivity (Wildman–Crippen MR) is 37.0 cm³/mol. The van der Waals surface area contributed by atoms with Crippen molar-refractivity contribution in [1.82, 2.24) is 0 Å². The third kappa shape index (κ3) is 4.15. The first-order valence-corrected chi connectivity index (χ1v) is 3.88. The second-order valence-corrected chi connectivity index (χ2v) is 2.53. The number of thioether (sulfide) groups is 1. The normalized spacial score (nSPS) is 13.2. The molecule has 3 heteroatoms. The predicted octanol–water partition coefficient (Wildman–Crippen LogP) is 0.266. The van der Waals surface area contributed by atoms with Gasteiger partial charge in [0.2, 0.25) is 0 Å². The third-order valence-corrected chi connectivity index (χ3v) is 1.54. The Morgan fingerprint density at radius 3 is 2.88 bits per heavy atom. The molecule has 0 aromatic rings. The molecular formula is C5H11NOS. The Labute approximate surface area is 53.8 Å². The topological polar surface area (TPSA) is 43.1 Å². The second-order valence-electron chi connectivity index (χ2n) is 1.62. The van der Waals surface area contributed by atoms with Gasteiger partial charge in [-0.1, -0.05) is 0 Å². The Morgan fingerprint density at radius 2 is 2.50 bits per heavy atom. The molecule has 2 N–H and O–H groups in total. The van der Waals surface area contributed by atoms with Gasteiger partial charge >= 0.3 is 0 Å². The van der Waals surface area contributed by atoms with Crippen LogP contribution in [0.15, 0.2) is 0 Å².